The fraction of sp³-hybridized carbons (Fsp3) is 0.294. The first-order valence-corrected chi connectivity index (χ1v) is 8.50. The molecule has 146 valence electrons. The Labute approximate surface area is 156 Å². The summed E-state index contributed by atoms with van der Waals surface area (Å²) in [6.45, 7) is 1.58. The molecule has 1 heterocycles. The van der Waals surface area contributed by atoms with Crippen molar-refractivity contribution in [3.63, 3.8) is 0 Å². The van der Waals surface area contributed by atoms with E-state index < -0.39 is 18.1 Å². The Hall–Kier alpha value is -2.75. The molecule has 2 rings (SSSR count). The Morgan fingerprint density at radius 2 is 1.81 bits per heavy atom. The lowest BCUT2D eigenvalue weighted by molar-refractivity contribution is -0.167. The summed E-state index contributed by atoms with van der Waals surface area (Å²) < 4.78 is 53.0. The number of rotatable bonds is 6. The van der Waals surface area contributed by atoms with E-state index >= 15 is 0 Å². The zero-order chi connectivity index (χ0) is 20.2. The number of esters is 1. The maximum absolute atomic E-state index is 12.6. The molecule has 10 heteroatoms. The SMILES string of the molecule is CCOC(=O)c1c(-c2ccc(OC)c(OC)c2)csc1NC(=O)C(F)(F)F. The van der Waals surface area contributed by atoms with Gasteiger partial charge in [-0.2, -0.15) is 13.2 Å². The van der Waals surface area contributed by atoms with E-state index in [1.54, 1.807) is 30.4 Å². The zero-order valence-electron chi connectivity index (χ0n) is 14.6. The van der Waals surface area contributed by atoms with Crippen LogP contribution in [0.5, 0.6) is 11.5 Å². The smallest absolute Gasteiger partial charge is 0.471 e. The average molecular weight is 403 g/mol. The van der Waals surface area contributed by atoms with E-state index in [2.05, 4.69) is 0 Å². The van der Waals surface area contributed by atoms with Gasteiger partial charge in [0.15, 0.2) is 11.5 Å². The highest BCUT2D eigenvalue weighted by Gasteiger charge is 2.40. The van der Waals surface area contributed by atoms with Crippen LogP contribution in [-0.4, -0.2) is 38.9 Å². The van der Waals surface area contributed by atoms with Crippen molar-refractivity contribution >= 4 is 28.2 Å². The predicted molar refractivity (Wildman–Crippen MR) is 93.5 cm³/mol. The summed E-state index contributed by atoms with van der Waals surface area (Å²) in [6, 6.07) is 4.77. The number of methoxy groups -OCH3 is 2. The van der Waals surface area contributed by atoms with E-state index in [4.69, 9.17) is 14.2 Å². The summed E-state index contributed by atoms with van der Waals surface area (Å²) in [5.41, 5.74) is 0.628. The number of alkyl halides is 3. The maximum atomic E-state index is 12.6. The van der Waals surface area contributed by atoms with Gasteiger partial charge in [-0.3, -0.25) is 4.79 Å². The summed E-state index contributed by atoms with van der Waals surface area (Å²) >= 11 is 0.788. The van der Waals surface area contributed by atoms with Crippen molar-refractivity contribution in [3.8, 4) is 22.6 Å². The number of anilines is 1. The summed E-state index contributed by atoms with van der Waals surface area (Å²) in [5, 5.41) is 2.94. The number of benzene rings is 1. The van der Waals surface area contributed by atoms with Crippen LogP contribution in [0.2, 0.25) is 0 Å². The van der Waals surface area contributed by atoms with Crippen LogP contribution in [0.25, 0.3) is 11.1 Å². The molecule has 0 aliphatic heterocycles. The second kappa shape index (κ2) is 8.30. The Morgan fingerprint density at radius 3 is 2.37 bits per heavy atom. The van der Waals surface area contributed by atoms with E-state index in [9.17, 15) is 22.8 Å². The molecule has 0 unspecified atom stereocenters. The van der Waals surface area contributed by atoms with Crippen molar-refractivity contribution in [2.45, 2.75) is 13.1 Å². The molecule has 0 aliphatic rings. The Kier molecular flexibility index (Phi) is 6.32. The first kappa shape index (κ1) is 20.6. The zero-order valence-corrected chi connectivity index (χ0v) is 15.4. The van der Waals surface area contributed by atoms with Crippen molar-refractivity contribution < 1.29 is 37.0 Å². The third kappa shape index (κ3) is 4.51. The van der Waals surface area contributed by atoms with E-state index in [0.717, 1.165) is 11.3 Å². The lowest BCUT2D eigenvalue weighted by Gasteiger charge is -2.12. The maximum Gasteiger partial charge on any atom is 0.471 e. The molecule has 0 spiro atoms. The molecule has 0 bridgehead atoms. The Morgan fingerprint density at radius 1 is 1.15 bits per heavy atom. The van der Waals surface area contributed by atoms with Gasteiger partial charge in [-0.05, 0) is 24.6 Å². The number of amides is 1. The van der Waals surface area contributed by atoms with Crippen molar-refractivity contribution in [1.82, 2.24) is 0 Å². The Bertz CT molecular complexity index is 848. The van der Waals surface area contributed by atoms with Crippen molar-refractivity contribution in [2.24, 2.45) is 0 Å². The summed E-state index contributed by atoms with van der Waals surface area (Å²) in [4.78, 5) is 23.6. The van der Waals surface area contributed by atoms with Crippen molar-refractivity contribution in [1.29, 1.82) is 0 Å². The van der Waals surface area contributed by atoms with Gasteiger partial charge in [0.1, 0.15) is 10.6 Å². The summed E-state index contributed by atoms with van der Waals surface area (Å²) in [5.74, 6) is -2.20. The molecule has 6 nitrogen and oxygen atoms in total. The van der Waals surface area contributed by atoms with Crippen molar-refractivity contribution in [2.75, 3.05) is 26.1 Å². The van der Waals surface area contributed by atoms with Gasteiger partial charge in [-0.15, -0.1) is 11.3 Å². The van der Waals surface area contributed by atoms with Crippen LogP contribution in [0.1, 0.15) is 17.3 Å². The van der Waals surface area contributed by atoms with Gasteiger partial charge in [0.2, 0.25) is 0 Å². The molecular formula is C17H16F3NO5S. The van der Waals surface area contributed by atoms with Gasteiger partial charge in [0.25, 0.3) is 0 Å². The van der Waals surface area contributed by atoms with Crippen molar-refractivity contribution in [3.05, 3.63) is 29.1 Å². The molecule has 0 saturated heterocycles. The molecule has 0 fully saturated rings. The molecule has 0 aliphatic carbocycles. The number of ether oxygens (including phenoxy) is 3. The fourth-order valence-corrected chi connectivity index (χ4v) is 3.20. The Balaban J connectivity index is 2.54. The first-order chi connectivity index (χ1) is 12.7. The van der Waals surface area contributed by atoms with Gasteiger partial charge >= 0.3 is 18.1 Å². The van der Waals surface area contributed by atoms with Crippen LogP contribution in [-0.2, 0) is 9.53 Å². The van der Waals surface area contributed by atoms with Gasteiger partial charge in [-0.1, -0.05) is 6.07 Å². The molecule has 1 aromatic carbocycles. The molecular weight excluding hydrogens is 387 g/mol. The summed E-state index contributed by atoms with van der Waals surface area (Å²) in [7, 11) is 2.88. The van der Waals surface area contributed by atoms with Crippen LogP contribution in [0.15, 0.2) is 23.6 Å². The van der Waals surface area contributed by atoms with Crippen LogP contribution >= 0.6 is 11.3 Å². The molecule has 1 amide bonds. The molecule has 27 heavy (non-hydrogen) atoms. The molecule has 0 saturated carbocycles. The van der Waals surface area contributed by atoms with Crippen LogP contribution in [0.4, 0.5) is 18.2 Å². The highest BCUT2D eigenvalue weighted by atomic mass is 32.1. The second-order valence-electron chi connectivity index (χ2n) is 5.10. The van der Waals surface area contributed by atoms with E-state index in [0.29, 0.717) is 22.6 Å². The molecule has 1 aromatic heterocycles. The second-order valence-corrected chi connectivity index (χ2v) is 5.98. The van der Waals surface area contributed by atoms with Gasteiger partial charge < -0.3 is 19.5 Å². The van der Waals surface area contributed by atoms with E-state index in [-0.39, 0.29) is 17.2 Å². The number of hydrogen-bond acceptors (Lipinski definition) is 6. The monoisotopic (exact) mass is 403 g/mol. The predicted octanol–water partition coefficient (Wildman–Crippen LogP) is 4.11. The largest absolute Gasteiger partial charge is 0.493 e. The number of thiophene rings is 1. The number of hydrogen-bond donors (Lipinski definition) is 1. The lowest BCUT2D eigenvalue weighted by Crippen LogP contribution is -2.30. The van der Waals surface area contributed by atoms with Gasteiger partial charge in [-0.25, -0.2) is 4.79 Å². The lowest BCUT2D eigenvalue weighted by atomic mass is 10.0. The summed E-state index contributed by atoms with van der Waals surface area (Å²) in [6.07, 6.45) is -5.08. The standard InChI is InChI=1S/C17H16F3NO5S/c1-4-26-15(22)13-10(8-27-14(13)21-16(23)17(18,19)20)9-5-6-11(24-2)12(7-9)25-3/h5-8H,4H2,1-3H3,(H,21,23). The van der Waals surface area contributed by atoms with Crippen LogP contribution < -0.4 is 14.8 Å². The highest BCUT2D eigenvalue weighted by molar-refractivity contribution is 7.15. The number of halogens is 3. The molecule has 2 aromatic rings. The van der Waals surface area contributed by atoms with E-state index in [1.165, 1.54) is 19.6 Å². The average Bonchev–Trinajstić information content (AvgIpc) is 3.04. The fourth-order valence-electron chi connectivity index (χ4n) is 2.25. The van der Waals surface area contributed by atoms with Crippen LogP contribution in [0.3, 0.4) is 0 Å². The number of carbonyl (C=O) groups is 2. The highest BCUT2D eigenvalue weighted by Crippen LogP contribution is 2.40. The quantitative estimate of drug-likeness (QED) is 0.735. The molecule has 1 N–H and O–H groups in total. The van der Waals surface area contributed by atoms with Gasteiger partial charge in [0.05, 0.1) is 20.8 Å². The first-order valence-electron chi connectivity index (χ1n) is 7.62. The normalized spacial score (nSPS) is 11.0. The molecule has 0 radical (unpaired) electrons. The third-order valence-corrected chi connectivity index (χ3v) is 4.35. The minimum absolute atomic E-state index is 0.0205. The van der Waals surface area contributed by atoms with Crippen LogP contribution in [0, 0.1) is 0 Å². The third-order valence-electron chi connectivity index (χ3n) is 3.45. The number of nitrogens with one attached hydrogen (secondary N) is 1. The minimum atomic E-state index is -5.08. The minimum Gasteiger partial charge on any atom is -0.493 e. The topological polar surface area (TPSA) is 73.9 Å². The van der Waals surface area contributed by atoms with Gasteiger partial charge in [0, 0.05) is 10.9 Å². The van der Waals surface area contributed by atoms with E-state index in [1.807, 2.05) is 0 Å². The number of carbonyl (C=O) groups excluding carboxylic acids is 2. The molecule has 0 atom stereocenters.